The van der Waals surface area contributed by atoms with Crippen molar-refractivity contribution in [3.05, 3.63) is 0 Å². The van der Waals surface area contributed by atoms with E-state index in [2.05, 4.69) is 28.8 Å². The summed E-state index contributed by atoms with van der Waals surface area (Å²) in [6.07, 6.45) is 0.865. The minimum atomic E-state index is 0.0508. The van der Waals surface area contributed by atoms with Crippen LogP contribution in [0, 0.1) is 0 Å². The third kappa shape index (κ3) is 3.83. The quantitative estimate of drug-likeness (QED) is 0.307. The first-order valence-corrected chi connectivity index (χ1v) is 6.58. The Hall–Kier alpha value is -0.850. The number of amidine groups is 1. The average molecular weight is 258 g/mol. The highest BCUT2D eigenvalue weighted by Crippen LogP contribution is 2.12. The zero-order valence-electron chi connectivity index (χ0n) is 11.7. The van der Waals surface area contributed by atoms with Gasteiger partial charge in [-0.25, -0.2) is 0 Å². The van der Waals surface area contributed by atoms with Crippen molar-refractivity contribution in [1.29, 1.82) is 0 Å². The van der Waals surface area contributed by atoms with Crippen molar-refractivity contribution < 1.29 is 9.94 Å². The molecule has 0 radical (unpaired) electrons. The van der Waals surface area contributed by atoms with Crippen LogP contribution in [0.15, 0.2) is 5.16 Å². The summed E-state index contributed by atoms with van der Waals surface area (Å²) >= 11 is 0. The normalized spacial score (nSPS) is 22.9. The zero-order chi connectivity index (χ0) is 13.5. The second-order valence-electron chi connectivity index (χ2n) is 4.83. The fourth-order valence-corrected chi connectivity index (χ4v) is 2.56. The third-order valence-electron chi connectivity index (χ3n) is 3.66. The lowest BCUT2D eigenvalue weighted by Gasteiger charge is -2.40. The molecule has 0 aromatic rings. The van der Waals surface area contributed by atoms with Crippen molar-refractivity contribution in [3.8, 4) is 0 Å². The summed E-state index contributed by atoms with van der Waals surface area (Å²) < 4.78 is 5.18. The molecular formula is C12H26N4O2. The van der Waals surface area contributed by atoms with Gasteiger partial charge in [0, 0.05) is 39.3 Å². The number of nitrogens with two attached hydrogens (primary N) is 1. The minimum absolute atomic E-state index is 0.0508. The maximum Gasteiger partial charge on any atom is 0.156 e. The first-order valence-electron chi connectivity index (χ1n) is 6.58. The summed E-state index contributed by atoms with van der Waals surface area (Å²) in [6, 6.07) is 0.496. The first-order chi connectivity index (χ1) is 8.63. The van der Waals surface area contributed by atoms with Crippen molar-refractivity contribution in [2.45, 2.75) is 32.4 Å². The number of oxime groups is 1. The van der Waals surface area contributed by atoms with Crippen LogP contribution in [0.3, 0.4) is 0 Å². The molecule has 106 valence electrons. The molecule has 2 unspecified atom stereocenters. The van der Waals surface area contributed by atoms with Crippen LogP contribution >= 0.6 is 0 Å². The molecule has 0 saturated carbocycles. The Balaban J connectivity index is 2.47. The highest BCUT2D eigenvalue weighted by Gasteiger charge is 2.27. The van der Waals surface area contributed by atoms with Gasteiger partial charge in [-0.15, -0.1) is 0 Å². The van der Waals surface area contributed by atoms with E-state index in [0.29, 0.717) is 11.9 Å². The molecule has 0 bridgehead atoms. The molecule has 0 spiro atoms. The Bertz CT molecular complexity index is 265. The molecule has 1 heterocycles. The van der Waals surface area contributed by atoms with E-state index < -0.39 is 0 Å². The van der Waals surface area contributed by atoms with Gasteiger partial charge < -0.3 is 15.7 Å². The molecular weight excluding hydrogens is 232 g/mol. The van der Waals surface area contributed by atoms with Crippen LogP contribution in [0.4, 0.5) is 0 Å². The highest BCUT2D eigenvalue weighted by atomic mass is 16.5. The zero-order valence-corrected chi connectivity index (χ0v) is 11.7. The third-order valence-corrected chi connectivity index (χ3v) is 3.66. The molecule has 1 rings (SSSR count). The van der Waals surface area contributed by atoms with Crippen molar-refractivity contribution >= 4 is 5.84 Å². The number of rotatable bonds is 6. The molecule has 6 nitrogen and oxygen atoms in total. The molecule has 2 atom stereocenters. The van der Waals surface area contributed by atoms with Gasteiger partial charge in [0.1, 0.15) is 0 Å². The number of hydrogen-bond acceptors (Lipinski definition) is 5. The van der Waals surface area contributed by atoms with E-state index in [1.807, 2.05) is 0 Å². The van der Waals surface area contributed by atoms with E-state index in [4.69, 9.17) is 15.7 Å². The summed E-state index contributed by atoms with van der Waals surface area (Å²) in [5.41, 5.74) is 5.73. The summed E-state index contributed by atoms with van der Waals surface area (Å²) in [5.74, 6) is 0.316. The van der Waals surface area contributed by atoms with Crippen molar-refractivity contribution in [1.82, 2.24) is 9.80 Å². The topological polar surface area (TPSA) is 74.3 Å². The second kappa shape index (κ2) is 7.56. The Morgan fingerprint density at radius 3 is 2.33 bits per heavy atom. The van der Waals surface area contributed by atoms with Crippen LogP contribution in [0.1, 0.15) is 20.3 Å². The van der Waals surface area contributed by atoms with Crippen molar-refractivity contribution in [3.63, 3.8) is 0 Å². The van der Waals surface area contributed by atoms with Gasteiger partial charge in [0.25, 0.3) is 0 Å². The highest BCUT2D eigenvalue weighted by molar-refractivity contribution is 5.85. The molecule has 18 heavy (non-hydrogen) atoms. The average Bonchev–Trinajstić information content (AvgIpc) is 2.40. The predicted molar refractivity (Wildman–Crippen MR) is 72.0 cm³/mol. The van der Waals surface area contributed by atoms with Crippen molar-refractivity contribution in [2.75, 3.05) is 39.9 Å². The van der Waals surface area contributed by atoms with Gasteiger partial charge in [-0.05, 0) is 13.3 Å². The summed E-state index contributed by atoms with van der Waals surface area (Å²) in [7, 11) is 1.73. The number of nitrogens with zero attached hydrogens (tertiary/aromatic N) is 3. The Morgan fingerprint density at radius 1 is 1.33 bits per heavy atom. The first kappa shape index (κ1) is 15.2. The standard InChI is InChI=1S/C12H26N4O2/c1-4-11(12(13)14-17)16-7-5-15(6-8-16)10(2)9-18-3/h10-11,17H,4-9H2,1-3H3,(H2,13,14). The Kier molecular flexibility index (Phi) is 6.38. The molecule has 0 aliphatic carbocycles. The smallest absolute Gasteiger partial charge is 0.156 e. The lowest BCUT2D eigenvalue weighted by atomic mass is 10.1. The van der Waals surface area contributed by atoms with Gasteiger partial charge in [0.05, 0.1) is 12.6 Å². The van der Waals surface area contributed by atoms with Crippen LogP contribution in [-0.4, -0.2) is 72.8 Å². The fourth-order valence-electron chi connectivity index (χ4n) is 2.56. The Morgan fingerprint density at radius 2 is 1.89 bits per heavy atom. The predicted octanol–water partition coefficient (Wildman–Crippen LogP) is 0.164. The lowest BCUT2D eigenvalue weighted by molar-refractivity contribution is 0.0503. The van der Waals surface area contributed by atoms with Gasteiger partial charge in [0.2, 0.25) is 0 Å². The largest absolute Gasteiger partial charge is 0.409 e. The van der Waals surface area contributed by atoms with Crippen LogP contribution in [0.5, 0.6) is 0 Å². The van der Waals surface area contributed by atoms with Gasteiger partial charge in [0.15, 0.2) is 5.84 Å². The molecule has 0 aromatic carbocycles. The number of hydrogen-bond donors (Lipinski definition) is 2. The van der Waals surface area contributed by atoms with Crippen LogP contribution in [0.25, 0.3) is 0 Å². The summed E-state index contributed by atoms with van der Waals surface area (Å²) in [5, 5.41) is 11.9. The maximum absolute atomic E-state index is 8.79. The molecule has 1 fully saturated rings. The summed E-state index contributed by atoms with van der Waals surface area (Å²) in [4.78, 5) is 4.70. The number of methoxy groups -OCH3 is 1. The fraction of sp³-hybridized carbons (Fsp3) is 0.917. The van der Waals surface area contributed by atoms with Crippen LogP contribution in [-0.2, 0) is 4.74 Å². The minimum Gasteiger partial charge on any atom is -0.409 e. The van der Waals surface area contributed by atoms with E-state index in [0.717, 1.165) is 39.2 Å². The SMILES string of the molecule is CCC(C(N)=NO)N1CCN(C(C)COC)CC1. The number of ether oxygens (including phenoxy) is 1. The van der Waals surface area contributed by atoms with Crippen molar-refractivity contribution in [2.24, 2.45) is 10.9 Å². The van der Waals surface area contributed by atoms with Gasteiger partial charge in [-0.3, -0.25) is 9.80 Å². The molecule has 1 aliphatic rings. The van der Waals surface area contributed by atoms with E-state index >= 15 is 0 Å². The number of piperazine rings is 1. The van der Waals surface area contributed by atoms with Crippen LogP contribution < -0.4 is 5.73 Å². The maximum atomic E-state index is 8.79. The molecule has 3 N–H and O–H groups in total. The van der Waals surface area contributed by atoms with Crippen LogP contribution in [0.2, 0.25) is 0 Å². The molecule has 6 heteroatoms. The second-order valence-corrected chi connectivity index (χ2v) is 4.83. The molecule has 0 amide bonds. The van der Waals surface area contributed by atoms with E-state index in [1.54, 1.807) is 7.11 Å². The monoisotopic (exact) mass is 258 g/mol. The molecule has 1 aliphatic heterocycles. The lowest BCUT2D eigenvalue weighted by Crippen LogP contribution is -2.56. The molecule has 1 saturated heterocycles. The van der Waals surface area contributed by atoms with Gasteiger partial charge in [-0.1, -0.05) is 12.1 Å². The van der Waals surface area contributed by atoms with E-state index in [9.17, 15) is 0 Å². The van der Waals surface area contributed by atoms with Gasteiger partial charge >= 0.3 is 0 Å². The molecule has 0 aromatic heterocycles. The summed E-state index contributed by atoms with van der Waals surface area (Å²) in [6.45, 7) is 8.89. The van der Waals surface area contributed by atoms with Gasteiger partial charge in [-0.2, -0.15) is 0 Å². The van der Waals surface area contributed by atoms with E-state index in [-0.39, 0.29) is 6.04 Å². The Labute approximate surface area is 109 Å². The van der Waals surface area contributed by atoms with E-state index in [1.165, 1.54) is 0 Å².